The third-order valence-electron chi connectivity index (χ3n) is 3.48. The zero-order valence-electron chi connectivity index (χ0n) is 10.3. The van der Waals surface area contributed by atoms with Crippen LogP contribution in [0.4, 0.5) is 14.5 Å². The molecule has 1 unspecified atom stereocenters. The van der Waals surface area contributed by atoms with Crippen molar-refractivity contribution in [2.75, 3.05) is 11.9 Å². The molecule has 4 heteroatoms. The normalized spacial score (nSPS) is 22.7. The molecule has 1 nitrogen and oxygen atoms in total. The molecular weight excluding hydrogens is 256 g/mol. The Labute approximate surface area is 112 Å². The van der Waals surface area contributed by atoms with Crippen molar-refractivity contribution in [2.45, 2.75) is 37.5 Å². The van der Waals surface area contributed by atoms with E-state index in [0.717, 1.165) is 17.7 Å². The van der Waals surface area contributed by atoms with Crippen LogP contribution in [0.2, 0.25) is 0 Å². The van der Waals surface area contributed by atoms with Gasteiger partial charge in [-0.2, -0.15) is 0 Å². The van der Waals surface area contributed by atoms with Crippen LogP contribution < -0.4 is 5.32 Å². The summed E-state index contributed by atoms with van der Waals surface area (Å²) >= 11 is 5.84. The van der Waals surface area contributed by atoms with Gasteiger partial charge in [-0.25, -0.2) is 8.78 Å². The lowest BCUT2D eigenvalue weighted by Gasteiger charge is -2.29. The predicted molar refractivity (Wildman–Crippen MR) is 71.4 cm³/mol. The minimum absolute atomic E-state index is 0.00302. The zero-order valence-corrected chi connectivity index (χ0v) is 11.0. The number of alkyl halides is 3. The maximum Gasteiger partial charge on any atom is 0.248 e. The Bertz CT molecular complexity index is 395. The molecule has 1 N–H and O–H groups in total. The van der Waals surface area contributed by atoms with Crippen LogP contribution in [0.15, 0.2) is 24.3 Å². The third kappa shape index (κ3) is 3.58. The molecule has 18 heavy (non-hydrogen) atoms. The fraction of sp³-hybridized carbons (Fsp3) is 0.571. The molecular formula is C14H18ClF2N. The summed E-state index contributed by atoms with van der Waals surface area (Å²) in [6.07, 6.45) is 1.55. The summed E-state index contributed by atoms with van der Waals surface area (Å²) in [5.41, 5.74) is 1.98. The first kappa shape index (κ1) is 13.6. The lowest BCUT2D eigenvalue weighted by molar-refractivity contribution is -0.0502. The highest BCUT2D eigenvalue weighted by atomic mass is 35.5. The molecule has 0 aliphatic heterocycles. The lowest BCUT2D eigenvalue weighted by atomic mass is 9.86. The van der Waals surface area contributed by atoms with Crippen molar-refractivity contribution >= 4 is 17.3 Å². The van der Waals surface area contributed by atoms with E-state index in [1.165, 1.54) is 0 Å². The van der Waals surface area contributed by atoms with Crippen molar-refractivity contribution in [2.24, 2.45) is 5.92 Å². The Balaban J connectivity index is 1.91. The number of nitrogens with one attached hydrogen (secondary N) is 1. The van der Waals surface area contributed by atoms with Gasteiger partial charge in [0.05, 0.1) is 0 Å². The molecule has 0 radical (unpaired) electrons. The van der Waals surface area contributed by atoms with E-state index in [1.54, 1.807) is 0 Å². The first-order valence-electron chi connectivity index (χ1n) is 6.36. The topological polar surface area (TPSA) is 12.0 Å². The van der Waals surface area contributed by atoms with Gasteiger partial charge in [0.2, 0.25) is 5.92 Å². The fourth-order valence-corrected chi connectivity index (χ4v) is 2.75. The highest BCUT2D eigenvalue weighted by Gasteiger charge is 2.35. The van der Waals surface area contributed by atoms with Gasteiger partial charge in [0.1, 0.15) is 0 Å². The van der Waals surface area contributed by atoms with E-state index in [2.05, 4.69) is 5.32 Å². The smallest absolute Gasteiger partial charge is 0.248 e. The molecule has 0 bridgehead atoms. The molecule has 0 amide bonds. The standard InChI is InChI=1S/C14H18ClF2N/c15-9-12-5-1-2-6-13(12)18-10-11-4-3-7-14(16,17)8-11/h1-2,5-6,11,18H,3-4,7-10H2. The number of rotatable bonds is 4. The van der Waals surface area contributed by atoms with Gasteiger partial charge in [-0.3, -0.25) is 0 Å². The summed E-state index contributed by atoms with van der Waals surface area (Å²) in [5, 5.41) is 3.25. The number of hydrogen-bond acceptors (Lipinski definition) is 1. The van der Waals surface area contributed by atoms with Gasteiger partial charge in [-0.15, -0.1) is 11.6 Å². The highest BCUT2D eigenvalue weighted by Crippen LogP contribution is 2.36. The SMILES string of the molecule is FC1(F)CCCC(CNc2ccccc2CCl)C1. The van der Waals surface area contributed by atoms with Crippen LogP contribution in [-0.4, -0.2) is 12.5 Å². The second-order valence-electron chi connectivity index (χ2n) is 4.99. The molecule has 2 rings (SSSR count). The minimum Gasteiger partial charge on any atom is -0.385 e. The molecule has 1 saturated carbocycles. The molecule has 1 atom stereocenters. The van der Waals surface area contributed by atoms with E-state index in [-0.39, 0.29) is 18.8 Å². The molecule has 1 aromatic rings. The lowest BCUT2D eigenvalue weighted by Crippen LogP contribution is -2.29. The van der Waals surface area contributed by atoms with Crippen molar-refractivity contribution in [3.63, 3.8) is 0 Å². The average Bonchev–Trinajstić information content (AvgIpc) is 2.35. The van der Waals surface area contributed by atoms with E-state index in [0.29, 0.717) is 18.8 Å². The summed E-state index contributed by atoms with van der Waals surface area (Å²) in [6.45, 7) is 0.601. The Hall–Kier alpha value is -0.830. The molecule has 100 valence electrons. The summed E-state index contributed by atoms with van der Waals surface area (Å²) < 4.78 is 26.6. The van der Waals surface area contributed by atoms with Crippen LogP contribution in [0, 0.1) is 5.92 Å². The van der Waals surface area contributed by atoms with Gasteiger partial charge in [-0.05, 0) is 30.4 Å². The second-order valence-corrected chi connectivity index (χ2v) is 5.26. The molecule has 1 aliphatic rings. The van der Waals surface area contributed by atoms with Crippen molar-refractivity contribution in [1.82, 2.24) is 0 Å². The van der Waals surface area contributed by atoms with E-state index in [4.69, 9.17) is 11.6 Å². The van der Waals surface area contributed by atoms with Crippen molar-refractivity contribution < 1.29 is 8.78 Å². The van der Waals surface area contributed by atoms with E-state index >= 15 is 0 Å². The number of para-hydroxylation sites is 1. The predicted octanol–water partition coefficient (Wildman–Crippen LogP) is 4.66. The van der Waals surface area contributed by atoms with Crippen molar-refractivity contribution in [3.8, 4) is 0 Å². The molecule has 0 saturated heterocycles. The molecule has 1 aromatic carbocycles. The van der Waals surface area contributed by atoms with Gasteiger partial charge in [0.25, 0.3) is 0 Å². The number of halogens is 3. The van der Waals surface area contributed by atoms with Crippen LogP contribution in [0.5, 0.6) is 0 Å². The molecule has 0 heterocycles. The largest absolute Gasteiger partial charge is 0.385 e. The van der Waals surface area contributed by atoms with E-state index < -0.39 is 5.92 Å². The maximum atomic E-state index is 13.3. The number of benzene rings is 1. The monoisotopic (exact) mass is 273 g/mol. The summed E-state index contributed by atoms with van der Waals surface area (Å²) in [7, 11) is 0. The Morgan fingerprint density at radius 1 is 1.33 bits per heavy atom. The van der Waals surface area contributed by atoms with Crippen LogP contribution in [0.3, 0.4) is 0 Å². The van der Waals surface area contributed by atoms with Gasteiger partial charge in [0.15, 0.2) is 0 Å². The van der Waals surface area contributed by atoms with Gasteiger partial charge in [0, 0.05) is 31.0 Å². The first-order valence-corrected chi connectivity index (χ1v) is 6.90. The van der Waals surface area contributed by atoms with Gasteiger partial charge < -0.3 is 5.32 Å². The summed E-state index contributed by atoms with van der Waals surface area (Å²) in [5.74, 6) is -1.99. The molecule has 1 aliphatic carbocycles. The summed E-state index contributed by atoms with van der Waals surface area (Å²) in [4.78, 5) is 0. The minimum atomic E-state index is -2.48. The van der Waals surface area contributed by atoms with Crippen LogP contribution in [0.1, 0.15) is 31.2 Å². The van der Waals surface area contributed by atoms with Crippen molar-refractivity contribution in [1.29, 1.82) is 0 Å². The molecule has 0 aromatic heterocycles. The van der Waals surface area contributed by atoms with E-state index in [9.17, 15) is 8.78 Å². The zero-order chi connectivity index (χ0) is 13.0. The second kappa shape index (κ2) is 5.87. The van der Waals surface area contributed by atoms with Gasteiger partial charge >= 0.3 is 0 Å². The van der Waals surface area contributed by atoms with Crippen molar-refractivity contribution in [3.05, 3.63) is 29.8 Å². The molecule has 1 fully saturated rings. The highest BCUT2D eigenvalue weighted by molar-refractivity contribution is 6.17. The molecule has 0 spiro atoms. The average molecular weight is 274 g/mol. The first-order chi connectivity index (χ1) is 8.61. The number of anilines is 1. The Morgan fingerprint density at radius 2 is 2.11 bits per heavy atom. The quantitative estimate of drug-likeness (QED) is 0.787. The summed E-state index contributed by atoms with van der Waals surface area (Å²) in [6, 6.07) is 7.75. The van der Waals surface area contributed by atoms with Gasteiger partial charge in [-0.1, -0.05) is 18.2 Å². The van der Waals surface area contributed by atoms with Crippen LogP contribution in [-0.2, 0) is 5.88 Å². The third-order valence-corrected chi connectivity index (χ3v) is 3.77. The number of hydrogen-bond donors (Lipinski definition) is 1. The fourth-order valence-electron chi connectivity index (χ4n) is 2.51. The Morgan fingerprint density at radius 3 is 2.83 bits per heavy atom. The van der Waals surface area contributed by atoms with Crippen LogP contribution in [0.25, 0.3) is 0 Å². The maximum absolute atomic E-state index is 13.3. The van der Waals surface area contributed by atoms with Crippen LogP contribution >= 0.6 is 11.6 Å². The van der Waals surface area contributed by atoms with E-state index in [1.807, 2.05) is 24.3 Å². The Kier molecular flexibility index (Phi) is 4.44.